The Hall–Kier alpha value is -3.67. The lowest BCUT2D eigenvalue weighted by Crippen LogP contribution is -2.58. The number of nitrogens with zero attached hydrogens (tertiary/aromatic N) is 2. The molecule has 0 bridgehead atoms. The highest BCUT2D eigenvalue weighted by molar-refractivity contribution is 5.89. The fourth-order valence-corrected chi connectivity index (χ4v) is 4.05. The van der Waals surface area contributed by atoms with Gasteiger partial charge in [0.05, 0.1) is 7.11 Å². The molecule has 0 aliphatic carbocycles. The van der Waals surface area contributed by atoms with Crippen LogP contribution >= 0.6 is 0 Å². The van der Waals surface area contributed by atoms with Gasteiger partial charge in [-0.15, -0.1) is 0 Å². The number of rotatable bonds is 7. The van der Waals surface area contributed by atoms with Crippen molar-refractivity contribution in [3.63, 3.8) is 0 Å². The Morgan fingerprint density at radius 1 is 1.06 bits per heavy atom. The van der Waals surface area contributed by atoms with Crippen LogP contribution in [-0.4, -0.2) is 47.9 Å². The lowest BCUT2D eigenvalue weighted by Gasteiger charge is -2.35. The summed E-state index contributed by atoms with van der Waals surface area (Å²) in [7, 11) is 1.63. The van der Waals surface area contributed by atoms with Crippen LogP contribution < -0.4 is 10.1 Å². The van der Waals surface area contributed by atoms with E-state index in [2.05, 4.69) is 16.4 Å². The number of piperazine rings is 1. The summed E-state index contributed by atoms with van der Waals surface area (Å²) in [6.07, 6.45) is 5.01. The first-order chi connectivity index (χ1) is 15.6. The third kappa shape index (κ3) is 5.14. The second kappa shape index (κ2) is 10.1. The van der Waals surface area contributed by atoms with Crippen LogP contribution in [0.1, 0.15) is 17.5 Å². The van der Waals surface area contributed by atoms with Crippen LogP contribution in [0.25, 0.3) is 11.1 Å². The quantitative estimate of drug-likeness (QED) is 0.626. The van der Waals surface area contributed by atoms with E-state index in [1.165, 1.54) is 0 Å². The van der Waals surface area contributed by atoms with Gasteiger partial charge < -0.3 is 15.0 Å². The van der Waals surface area contributed by atoms with Gasteiger partial charge in [-0.05, 0) is 52.9 Å². The highest BCUT2D eigenvalue weighted by Gasteiger charge is 2.32. The van der Waals surface area contributed by atoms with Gasteiger partial charge >= 0.3 is 0 Å². The van der Waals surface area contributed by atoms with E-state index in [-0.39, 0.29) is 11.8 Å². The van der Waals surface area contributed by atoms with E-state index in [1.807, 2.05) is 54.6 Å². The maximum atomic E-state index is 13.0. The molecule has 2 amide bonds. The van der Waals surface area contributed by atoms with Crippen molar-refractivity contribution in [3.8, 4) is 16.9 Å². The van der Waals surface area contributed by atoms with Crippen molar-refractivity contribution in [1.82, 2.24) is 15.2 Å². The zero-order valence-electron chi connectivity index (χ0n) is 18.2. The Kier molecular flexibility index (Phi) is 6.80. The molecule has 32 heavy (non-hydrogen) atoms. The number of amides is 2. The van der Waals surface area contributed by atoms with Crippen molar-refractivity contribution in [2.45, 2.75) is 25.3 Å². The molecule has 164 valence electrons. The molecule has 1 N–H and O–H groups in total. The van der Waals surface area contributed by atoms with E-state index < -0.39 is 6.04 Å². The second-order valence-corrected chi connectivity index (χ2v) is 7.88. The fraction of sp³-hybridized carbons (Fsp3) is 0.269. The standard InChI is InChI=1S/C26H27N3O3/c1-32-23-8-5-19(6-9-23)7-10-25(30)29-16-15-28-26(31)24(29)18-20-3-2-4-22(17-20)21-11-13-27-14-12-21/h2-6,8-9,11-14,17,24H,7,10,15-16,18H2,1H3,(H,28,31). The molecule has 0 spiro atoms. The van der Waals surface area contributed by atoms with Crippen LogP contribution in [0, 0.1) is 0 Å². The number of benzene rings is 2. The van der Waals surface area contributed by atoms with Gasteiger partial charge in [-0.3, -0.25) is 14.6 Å². The summed E-state index contributed by atoms with van der Waals surface area (Å²) in [6.45, 7) is 1.02. The number of nitrogens with one attached hydrogen (secondary N) is 1. The average molecular weight is 430 g/mol. The molecule has 2 aromatic carbocycles. The molecule has 1 atom stereocenters. The minimum atomic E-state index is -0.500. The summed E-state index contributed by atoms with van der Waals surface area (Å²) in [5.41, 5.74) is 4.23. The second-order valence-electron chi connectivity index (χ2n) is 7.88. The van der Waals surface area contributed by atoms with E-state index in [4.69, 9.17) is 4.74 Å². The Labute approximate surface area is 188 Å². The summed E-state index contributed by atoms with van der Waals surface area (Å²) < 4.78 is 5.19. The number of carbonyl (C=O) groups excluding carboxylic acids is 2. The van der Waals surface area contributed by atoms with Crippen LogP contribution in [-0.2, 0) is 22.4 Å². The first-order valence-corrected chi connectivity index (χ1v) is 10.8. The topological polar surface area (TPSA) is 71.5 Å². The van der Waals surface area contributed by atoms with Crippen LogP contribution in [0.4, 0.5) is 0 Å². The molecule has 0 radical (unpaired) electrons. The number of aromatic nitrogens is 1. The normalized spacial score (nSPS) is 15.8. The molecule has 6 heteroatoms. The number of ether oxygens (including phenoxy) is 1. The molecule has 0 saturated carbocycles. The highest BCUT2D eigenvalue weighted by atomic mass is 16.5. The molecular weight excluding hydrogens is 402 g/mol. The fourth-order valence-electron chi connectivity index (χ4n) is 4.05. The number of hydrogen-bond donors (Lipinski definition) is 1. The molecule has 4 rings (SSSR count). The van der Waals surface area contributed by atoms with Gasteiger partial charge in [0.15, 0.2) is 0 Å². The average Bonchev–Trinajstić information content (AvgIpc) is 2.85. The third-order valence-electron chi connectivity index (χ3n) is 5.81. The molecule has 1 saturated heterocycles. The predicted octanol–water partition coefficient (Wildman–Crippen LogP) is 3.26. The van der Waals surface area contributed by atoms with E-state index >= 15 is 0 Å². The number of hydrogen-bond acceptors (Lipinski definition) is 4. The Balaban J connectivity index is 1.45. The van der Waals surface area contributed by atoms with Crippen molar-refractivity contribution in [2.24, 2.45) is 0 Å². The molecule has 1 aromatic heterocycles. The Morgan fingerprint density at radius 3 is 2.59 bits per heavy atom. The van der Waals surface area contributed by atoms with Crippen molar-refractivity contribution in [3.05, 3.63) is 84.2 Å². The predicted molar refractivity (Wildman–Crippen MR) is 123 cm³/mol. The van der Waals surface area contributed by atoms with Crippen molar-refractivity contribution in [2.75, 3.05) is 20.2 Å². The van der Waals surface area contributed by atoms with Crippen molar-refractivity contribution >= 4 is 11.8 Å². The summed E-state index contributed by atoms with van der Waals surface area (Å²) in [6, 6.07) is 19.3. The van der Waals surface area contributed by atoms with Crippen molar-refractivity contribution in [1.29, 1.82) is 0 Å². The molecule has 1 aliphatic heterocycles. The zero-order chi connectivity index (χ0) is 22.3. The zero-order valence-corrected chi connectivity index (χ0v) is 18.2. The van der Waals surface area contributed by atoms with E-state index in [0.717, 1.165) is 28.0 Å². The van der Waals surface area contributed by atoms with Gasteiger partial charge in [-0.1, -0.05) is 36.4 Å². The van der Waals surface area contributed by atoms with Gasteiger partial charge in [0.1, 0.15) is 11.8 Å². The minimum Gasteiger partial charge on any atom is -0.497 e. The molecular formula is C26H27N3O3. The third-order valence-corrected chi connectivity index (χ3v) is 5.81. The largest absolute Gasteiger partial charge is 0.497 e. The summed E-state index contributed by atoms with van der Waals surface area (Å²) >= 11 is 0. The monoisotopic (exact) mass is 429 g/mol. The lowest BCUT2D eigenvalue weighted by molar-refractivity contribution is -0.143. The maximum absolute atomic E-state index is 13.0. The van der Waals surface area contributed by atoms with Gasteiger partial charge in [0.25, 0.3) is 0 Å². The van der Waals surface area contributed by atoms with Gasteiger partial charge in [-0.25, -0.2) is 0 Å². The maximum Gasteiger partial charge on any atom is 0.243 e. The molecule has 6 nitrogen and oxygen atoms in total. The van der Waals surface area contributed by atoms with E-state index in [1.54, 1.807) is 24.4 Å². The Morgan fingerprint density at radius 2 is 1.84 bits per heavy atom. The molecule has 2 heterocycles. The van der Waals surface area contributed by atoms with E-state index in [9.17, 15) is 9.59 Å². The molecule has 3 aromatic rings. The highest BCUT2D eigenvalue weighted by Crippen LogP contribution is 2.22. The SMILES string of the molecule is COc1ccc(CCC(=O)N2CCNC(=O)C2Cc2cccc(-c3ccncc3)c2)cc1. The smallest absolute Gasteiger partial charge is 0.243 e. The molecule has 1 fully saturated rings. The Bertz CT molecular complexity index is 1070. The van der Waals surface area contributed by atoms with Crippen LogP contribution in [0.15, 0.2) is 73.1 Å². The summed E-state index contributed by atoms with van der Waals surface area (Å²) in [4.78, 5) is 31.5. The van der Waals surface area contributed by atoms with Gasteiger partial charge in [0, 0.05) is 38.3 Å². The summed E-state index contributed by atoms with van der Waals surface area (Å²) in [5, 5.41) is 2.91. The van der Waals surface area contributed by atoms with Crippen molar-refractivity contribution < 1.29 is 14.3 Å². The summed E-state index contributed by atoms with van der Waals surface area (Å²) in [5.74, 6) is 0.705. The minimum absolute atomic E-state index is 0.00552. The van der Waals surface area contributed by atoms with E-state index in [0.29, 0.717) is 32.4 Å². The molecule has 1 unspecified atom stereocenters. The first-order valence-electron chi connectivity index (χ1n) is 10.8. The molecule has 1 aliphatic rings. The lowest BCUT2D eigenvalue weighted by atomic mass is 9.97. The van der Waals surface area contributed by atoms with Crippen LogP contribution in [0.3, 0.4) is 0 Å². The van der Waals surface area contributed by atoms with Gasteiger partial charge in [-0.2, -0.15) is 0 Å². The number of aryl methyl sites for hydroxylation is 1. The van der Waals surface area contributed by atoms with Gasteiger partial charge in [0.2, 0.25) is 11.8 Å². The number of pyridine rings is 1. The number of methoxy groups -OCH3 is 1. The van der Waals surface area contributed by atoms with Crippen LogP contribution in [0.5, 0.6) is 5.75 Å². The van der Waals surface area contributed by atoms with Crippen LogP contribution in [0.2, 0.25) is 0 Å². The number of carbonyl (C=O) groups is 2. The first kappa shape index (κ1) is 21.6.